The number of hydrogen-bond acceptors (Lipinski definition) is 4. The predicted octanol–water partition coefficient (Wildman–Crippen LogP) is 6.93. The first kappa shape index (κ1) is 29.4. The van der Waals surface area contributed by atoms with E-state index in [-0.39, 0.29) is 11.5 Å². The number of ether oxygens (including phenoxy) is 1. The molecule has 0 unspecified atom stereocenters. The number of hydrogen-bond donors (Lipinski definition) is 0. The van der Waals surface area contributed by atoms with Gasteiger partial charge in [0.25, 0.3) is 0 Å². The number of halogens is 3. The van der Waals surface area contributed by atoms with E-state index in [2.05, 4.69) is 37.3 Å². The lowest BCUT2D eigenvalue weighted by Gasteiger charge is -2.50. The molecule has 1 aromatic rings. The Hall–Kier alpha value is -1.61. The number of benzene rings is 1. The number of methoxy groups -OCH3 is 1. The molecular formula is C24H37F3O4Si2. The SMILES string of the molecule is COC(=O)C#CC[C@@H](C)[C@@](O[Si](C)(C)C)(O[Si](C)(C)C(C)(C)C)c1cccc(C(F)(F)F)c1. The Labute approximate surface area is 198 Å². The zero-order valence-electron chi connectivity index (χ0n) is 21.4. The average molecular weight is 503 g/mol. The Bertz CT molecular complexity index is 890. The van der Waals surface area contributed by atoms with Crippen molar-refractivity contribution >= 4 is 22.6 Å². The molecule has 0 saturated carbocycles. The van der Waals surface area contributed by atoms with Crippen LogP contribution in [0.4, 0.5) is 13.2 Å². The molecule has 0 N–H and O–H groups in total. The van der Waals surface area contributed by atoms with Gasteiger partial charge in [0, 0.05) is 23.8 Å². The van der Waals surface area contributed by atoms with Gasteiger partial charge in [-0.25, -0.2) is 4.79 Å². The van der Waals surface area contributed by atoms with Crippen LogP contribution in [0.2, 0.25) is 37.8 Å². The van der Waals surface area contributed by atoms with Gasteiger partial charge in [-0.05, 0) is 49.9 Å². The minimum absolute atomic E-state index is 0.171. The number of carbonyl (C=O) groups excluding carboxylic acids is 1. The van der Waals surface area contributed by atoms with E-state index in [1.54, 1.807) is 6.07 Å². The number of alkyl halides is 3. The summed E-state index contributed by atoms with van der Waals surface area (Å²) in [4.78, 5) is 11.5. The standard InChI is InChI=1S/C24H37F3O4Si2/c1-18(13-11-16-21(28)29-5)23(30-32(6,7)8,31-33(9,10)22(2,3)4)19-14-12-15-20(17-19)24(25,26)27/h12,14-15,17-18H,13H2,1-10H3/t18-,23-/m1/s1. The maximum Gasteiger partial charge on any atom is 0.416 e. The van der Waals surface area contributed by atoms with E-state index >= 15 is 0 Å². The summed E-state index contributed by atoms with van der Waals surface area (Å²) in [6.45, 7) is 18.0. The van der Waals surface area contributed by atoms with Gasteiger partial charge in [0.05, 0.1) is 12.7 Å². The van der Waals surface area contributed by atoms with Crippen LogP contribution in [0.25, 0.3) is 0 Å². The fourth-order valence-electron chi connectivity index (χ4n) is 2.99. The Morgan fingerprint density at radius 3 is 2.03 bits per heavy atom. The fourth-order valence-corrected chi connectivity index (χ4v) is 5.76. The Kier molecular flexibility index (Phi) is 9.22. The van der Waals surface area contributed by atoms with Gasteiger partial charge in [-0.2, -0.15) is 13.2 Å². The molecule has 0 aliphatic rings. The summed E-state index contributed by atoms with van der Waals surface area (Å²) in [7, 11) is -3.65. The molecule has 0 fully saturated rings. The fraction of sp³-hybridized carbons (Fsp3) is 0.625. The summed E-state index contributed by atoms with van der Waals surface area (Å²) in [5, 5.41) is -0.222. The highest BCUT2D eigenvalue weighted by molar-refractivity contribution is 6.74. The lowest BCUT2D eigenvalue weighted by Crippen LogP contribution is -2.55. The maximum atomic E-state index is 13.6. The van der Waals surface area contributed by atoms with Crippen LogP contribution in [0.3, 0.4) is 0 Å². The summed E-state index contributed by atoms with van der Waals surface area (Å²) in [5.41, 5.74) is -0.466. The molecule has 0 amide bonds. The zero-order chi connectivity index (χ0) is 25.9. The van der Waals surface area contributed by atoms with Gasteiger partial charge in [-0.1, -0.05) is 45.7 Å². The quantitative estimate of drug-likeness (QED) is 0.133. The lowest BCUT2D eigenvalue weighted by molar-refractivity contribution is -0.176. The molecule has 1 rings (SSSR count). The first-order valence-electron chi connectivity index (χ1n) is 10.9. The van der Waals surface area contributed by atoms with Crippen molar-refractivity contribution < 1.29 is 31.6 Å². The summed E-state index contributed by atoms with van der Waals surface area (Å²) in [6.07, 6.45) is -4.34. The van der Waals surface area contributed by atoms with Crippen LogP contribution < -0.4 is 0 Å². The second-order valence-corrected chi connectivity index (χ2v) is 19.9. The third-order valence-corrected chi connectivity index (χ3v) is 11.0. The predicted molar refractivity (Wildman–Crippen MR) is 129 cm³/mol. The van der Waals surface area contributed by atoms with Crippen LogP contribution >= 0.6 is 0 Å². The van der Waals surface area contributed by atoms with Crippen LogP contribution in [0.15, 0.2) is 24.3 Å². The molecule has 1 aromatic carbocycles. The monoisotopic (exact) mass is 502 g/mol. The van der Waals surface area contributed by atoms with Crippen LogP contribution in [-0.4, -0.2) is 29.7 Å². The number of carbonyl (C=O) groups is 1. The molecule has 9 heteroatoms. The van der Waals surface area contributed by atoms with E-state index in [9.17, 15) is 18.0 Å². The molecule has 0 bridgehead atoms. The van der Waals surface area contributed by atoms with Crippen LogP contribution in [0, 0.1) is 17.8 Å². The van der Waals surface area contributed by atoms with Gasteiger partial charge in [0.15, 0.2) is 22.4 Å². The van der Waals surface area contributed by atoms with Crippen molar-refractivity contribution in [3.8, 4) is 11.8 Å². The van der Waals surface area contributed by atoms with E-state index < -0.39 is 46.0 Å². The maximum absolute atomic E-state index is 13.6. The highest BCUT2D eigenvalue weighted by Crippen LogP contribution is 2.48. The van der Waals surface area contributed by atoms with Crippen molar-refractivity contribution in [1.29, 1.82) is 0 Å². The second-order valence-electron chi connectivity index (χ2n) is 10.7. The molecular weight excluding hydrogens is 465 g/mol. The van der Waals surface area contributed by atoms with Gasteiger partial charge >= 0.3 is 12.1 Å². The highest BCUT2D eigenvalue weighted by atomic mass is 28.4. The second kappa shape index (κ2) is 10.3. The molecule has 0 spiro atoms. The van der Waals surface area contributed by atoms with Gasteiger partial charge in [-0.15, -0.1) is 0 Å². The first-order chi connectivity index (χ1) is 14.7. The van der Waals surface area contributed by atoms with Crippen molar-refractivity contribution in [2.75, 3.05) is 7.11 Å². The van der Waals surface area contributed by atoms with Crippen LogP contribution in [0.1, 0.15) is 45.2 Å². The van der Waals surface area contributed by atoms with E-state index in [0.29, 0.717) is 5.56 Å². The first-order valence-corrected chi connectivity index (χ1v) is 17.2. The molecule has 0 aliphatic heterocycles. The van der Waals surface area contributed by atoms with Gasteiger partial charge in [-0.3, -0.25) is 0 Å². The lowest BCUT2D eigenvalue weighted by atomic mass is 9.90. The summed E-state index contributed by atoms with van der Waals surface area (Å²) < 4.78 is 58.9. The summed E-state index contributed by atoms with van der Waals surface area (Å²) in [6, 6.07) is 5.14. The van der Waals surface area contributed by atoms with Gasteiger partial charge in [0.1, 0.15) is 0 Å². The van der Waals surface area contributed by atoms with E-state index in [4.69, 9.17) is 8.85 Å². The van der Waals surface area contributed by atoms with Crippen molar-refractivity contribution in [2.45, 2.75) is 83.9 Å². The van der Waals surface area contributed by atoms with Crippen LogP contribution in [-0.2, 0) is 30.3 Å². The Morgan fingerprint density at radius 2 is 1.58 bits per heavy atom. The molecule has 4 nitrogen and oxygen atoms in total. The minimum atomic E-state index is -4.51. The average Bonchev–Trinajstić information content (AvgIpc) is 2.64. The summed E-state index contributed by atoms with van der Waals surface area (Å²) >= 11 is 0. The third kappa shape index (κ3) is 7.99. The van der Waals surface area contributed by atoms with Crippen LogP contribution in [0.5, 0.6) is 0 Å². The van der Waals surface area contributed by atoms with Gasteiger partial charge < -0.3 is 13.6 Å². The van der Waals surface area contributed by atoms with E-state index in [0.717, 1.165) is 12.1 Å². The van der Waals surface area contributed by atoms with E-state index in [1.807, 2.05) is 39.7 Å². The van der Waals surface area contributed by atoms with Crippen molar-refractivity contribution in [3.63, 3.8) is 0 Å². The topological polar surface area (TPSA) is 44.8 Å². The normalized spacial score (nSPS) is 15.8. The molecule has 0 aromatic heterocycles. The Balaban J connectivity index is 3.81. The highest BCUT2D eigenvalue weighted by Gasteiger charge is 2.51. The Morgan fingerprint density at radius 1 is 1.03 bits per heavy atom. The minimum Gasteiger partial charge on any atom is -0.459 e. The summed E-state index contributed by atoms with van der Waals surface area (Å²) in [5.74, 6) is 2.58. The van der Waals surface area contributed by atoms with Crippen molar-refractivity contribution in [1.82, 2.24) is 0 Å². The largest absolute Gasteiger partial charge is 0.459 e. The molecule has 0 radical (unpaired) electrons. The van der Waals surface area contributed by atoms with Gasteiger partial charge in [0.2, 0.25) is 0 Å². The molecule has 0 heterocycles. The zero-order valence-corrected chi connectivity index (χ0v) is 23.4. The molecule has 0 aliphatic carbocycles. The molecule has 0 saturated heterocycles. The molecule has 186 valence electrons. The molecule has 33 heavy (non-hydrogen) atoms. The smallest absolute Gasteiger partial charge is 0.416 e. The number of esters is 1. The third-order valence-electron chi connectivity index (χ3n) is 5.70. The van der Waals surface area contributed by atoms with Crippen molar-refractivity contribution in [3.05, 3.63) is 35.4 Å². The van der Waals surface area contributed by atoms with Crippen molar-refractivity contribution in [2.24, 2.45) is 5.92 Å². The number of rotatable bonds is 7. The van der Waals surface area contributed by atoms with E-state index in [1.165, 1.54) is 13.2 Å². The molecule has 2 atom stereocenters.